The van der Waals surface area contributed by atoms with Crippen LogP contribution in [0.3, 0.4) is 0 Å². The van der Waals surface area contributed by atoms with Gasteiger partial charge in [-0.2, -0.15) is 0 Å². The molecule has 2 unspecified atom stereocenters. The first kappa shape index (κ1) is 13.0. The van der Waals surface area contributed by atoms with E-state index < -0.39 is 0 Å². The van der Waals surface area contributed by atoms with Gasteiger partial charge in [-0.3, -0.25) is 4.90 Å². The lowest BCUT2D eigenvalue weighted by atomic mass is 10.0. The summed E-state index contributed by atoms with van der Waals surface area (Å²) in [6, 6.07) is 1.50. The first-order chi connectivity index (χ1) is 7.27. The van der Waals surface area contributed by atoms with E-state index in [0.717, 1.165) is 6.04 Å². The van der Waals surface area contributed by atoms with Gasteiger partial charge in [-0.25, -0.2) is 0 Å². The van der Waals surface area contributed by atoms with Crippen LogP contribution in [0.4, 0.5) is 0 Å². The lowest BCUT2D eigenvalue weighted by molar-refractivity contribution is 0.143. The van der Waals surface area contributed by atoms with Crippen LogP contribution in [0.15, 0.2) is 0 Å². The monoisotopic (exact) mass is 212 g/mol. The maximum Gasteiger partial charge on any atom is 0.0192 e. The van der Waals surface area contributed by atoms with E-state index in [1.54, 1.807) is 0 Å². The molecule has 1 N–H and O–H groups in total. The molecule has 1 aliphatic rings. The summed E-state index contributed by atoms with van der Waals surface area (Å²) in [5.41, 5.74) is 0. The molecule has 1 aliphatic heterocycles. The van der Waals surface area contributed by atoms with Crippen molar-refractivity contribution in [3.63, 3.8) is 0 Å². The number of likely N-dealkylation sites (tertiary alicyclic amines) is 1. The summed E-state index contributed by atoms with van der Waals surface area (Å²) in [4.78, 5) is 2.67. The molecule has 1 heterocycles. The molecule has 1 saturated heterocycles. The standard InChI is InChI=1S/C13H28N2/c1-4-9-14-13(5-2)11-15-10-7-6-8-12(15)3/h12-14H,4-11H2,1-3H3. The second-order valence-electron chi connectivity index (χ2n) is 4.90. The van der Waals surface area contributed by atoms with E-state index in [9.17, 15) is 0 Å². The first-order valence-corrected chi connectivity index (χ1v) is 6.75. The van der Waals surface area contributed by atoms with Crippen LogP contribution in [0.1, 0.15) is 52.9 Å². The summed E-state index contributed by atoms with van der Waals surface area (Å²) < 4.78 is 0. The third-order valence-electron chi connectivity index (χ3n) is 3.57. The van der Waals surface area contributed by atoms with Crippen molar-refractivity contribution in [2.45, 2.75) is 65.0 Å². The summed E-state index contributed by atoms with van der Waals surface area (Å²) >= 11 is 0. The number of piperidine rings is 1. The molecule has 0 aromatic rings. The van der Waals surface area contributed by atoms with Crippen molar-refractivity contribution in [3.8, 4) is 0 Å². The van der Waals surface area contributed by atoms with Crippen molar-refractivity contribution >= 4 is 0 Å². The van der Waals surface area contributed by atoms with Gasteiger partial charge in [-0.1, -0.05) is 20.3 Å². The van der Waals surface area contributed by atoms with Gasteiger partial charge in [0.15, 0.2) is 0 Å². The molecule has 90 valence electrons. The van der Waals surface area contributed by atoms with Crippen LogP contribution >= 0.6 is 0 Å². The number of rotatable bonds is 6. The third-order valence-corrected chi connectivity index (χ3v) is 3.57. The van der Waals surface area contributed by atoms with Gasteiger partial charge in [0, 0.05) is 18.6 Å². The van der Waals surface area contributed by atoms with Crippen molar-refractivity contribution in [1.29, 1.82) is 0 Å². The highest BCUT2D eigenvalue weighted by Gasteiger charge is 2.20. The Bertz CT molecular complexity index is 159. The zero-order valence-electron chi connectivity index (χ0n) is 10.8. The lowest BCUT2D eigenvalue weighted by Gasteiger charge is -2.36. The number of hydrogen-bond donors (Lipinski definition) is 1. The summed E-state index contributed by atoms with van der Waals surface area (Å²) in [7, 11) is 0. The summed E-state index contributed by atoms with van der Waals surface area (Å²) in [5, 5.41) is 3.65. The van der Waals surface area contributed by atoms with Gasteiger partial charge >= 0.3 is 0 Å². The quantitative estimate of drug-likeness (QED) is 0.728. The minimum absolute atomic E-state index is 0.700. The van der Waals surface area contributed by atoms with Crippen LogP contribution in [0.25, 0.3) is 0 Å². The normalized spacial score (nSPS) is 25.4. The van der Waals surface area contributed by atoms with Gasteiger partial charge in [0.2, 0.25) is 0 Å². The van der Waals surface area contributed by atoms with Crippen molar-refractivity contribution in [2.24, 2.45) is 0 Å². The van der Waals surface area contributed by atoms with E-state index in [1.807, 2.05) is 0 Å². The Morgan fingerprint density at radius 1 is 1.33 bits per heavy atom. The molecule has 1 fully saturated rings. The SMILES string of the molecule is CCCNC(CC)CN1CCCCC1C. The molecule has 0 amide bonds. The number of nitrogens with zero attached hydrogens (tertiary/aromatic N) is 1. The number of hydrogen-bond acceptors (Lipinski definition) is 2. The first-order valence-electron chi connectivity index (χ1n) is 6.75. The van der Waals surface area contributed by atoms with Gasteiger partial charge in [0.05, 0.1) is 0 Å². The molecule has 0 aromatic heterocycles. The van der Waals surface area contributed by atoms with Crippen molar-refractivity contribution in [1.82, 2.24) is 10.2 Å². The van der Waals surface area contributed by atoms with Crippen LogP contribution in [-0.4, -0.2) is 36.6 Å². The van der Waals surface area contributed by atoms with E-state index in [4.69, 9.17) is 0 Å². The second-order valence-corrected chi connectivity index (χ2v) is 4.90. The van der Waals surface area contributed by atoms with Gasteiger partial charge < -0.3 is 5.32 Å². The molecule has 1 rings (SSSR count). The third kappa shape index (κ3) is 4.52. The van der Waals surface area contributed by atoms with Gasteiger partial charge in [0.25, 0.3) is 0 Å². The Labute approximate surface area is 95.4 Å². The Morgan fingerprint density at radius 2 is 2.13 bits per heavy atom. The van der Waals surface area contributed by atoms with E-state index in [-0.39, 0.29) is 0 Å². The molecule has 2 atom stereocenters. The van der Waals surface area contributed by atoms with E-state index in [1.165, 1.54) is 51.7 Å². The fourth-order valence-corrected chi connectivity index (χ4v) is 2.40. The highest BCUT2D eigenvalue weighted by atomic mass is 15.2. The smallest absolute Gasteiger partial charge is 0.0192 e. The second kappa shape index (κ2) is 7.24. The average molecular weight is 212 g/mol. The topological polar surface area (TPSA) is 15.3 Å². The summed E-state index contributed by atoms with van der Waals surface area (Å²) in [6.45, 7) is 10.6. The Kier molecular flexibility index (Phi) is 6.26. The van der Waals surface area contributed by atoms with Crippen LogP contribution in [0, 0.1) is 0 Å². The molecule has 0 saturated carbocycles. The molecular weight excluding hydrogens is 184 g/mol. The highest BCUT2D eigenvalue weighted by molar-refractivity contribution is 4.78. The summed E-state index contributed by atoms with van der Waals surface area (Å²) in [6.07, 6.45) is 6.71. The number of nitrogens with one attached hydrogen (secondary N) is 1. The molecule has 2 nitrogen and oxygen atoms in total. The summed E-state index contributed by atoms with van der Waals surface area (Å²) in [5.74, 6) is 0. The van der Waals surface area contributed by atoms with Crippen molar-refractivity contribution in [2.75, 3.05) is 19.6 Å². The van der Waals surface area contributed by atoms with E-state index in [2.05, 4.69) is 31.0 Å². The Hall–Kier alpha value is -0.0800. The Morgan fingerprint density at radius 3 is 2.73 bits per heavy atom. The zero-order chi connectivity index (χ0) is 11.1. The highest BCUT2D eigenvalue weighted by Crippen LogP contribution is 2.16. The van der Waals surface area contributed by atoms with Crippen LogP contribution < -0.4 is 5.32 Å². The molecule has 0 aliphatic carbocycles. The van der Waals surface area contributed by atoms with Crippen LogP contribution in [0.2, 0.25) is 0 Å². The fourth-order valence-electron chi connectivity index (χ4n) is 2.40. The molecule has 2 heteroatoms. The van der Waals surface area contributed by atoms with E-state index in [0.29, 0.717) is 6.04 Å². The minimum Gasteiger partial charge on any atom is -0.313 e. The van der Waals surface area contributed by atoms with Crippen molar-refractivity contribution < 1.29 is 0 Å². The molecule has 0 radical (unpaired) electrons. The maximum atomic E-state index is 3.65. The maximum absolute atomic E-state index is 3.65. The molecule has 0 spiro atoms. The zero-order valence-corrected chi connectivity index (χ0v) is 10.8. The van der Waals surface area contributed by atoms with Crippen LogP contribution in [0.5, 0.6) is 0 Å². The van der Waals surface area contributed by atoms with Gasteiger partial charge in [-0.05, 0) is 45.7 Å². The average Bonchev–Trinajstić information content (AvgIpc) is 2.26. The molecular formula is C13H28N2. The van der Waals surface area contributed by atoms with Gasteiger partial charge in [-0.15, -0.1) is 0 Å². The molecule has 0 aromatic carbocycles. The molecule has 0 bridgehead atoms. The minimum atomic E-state index is 0.700. The predicted molar refractivity (Wildman–Crippen MR) is 67.3 cm³/mol. The van der Waals surface area contributed by atoms with Crippen molar-refractivity contribution in [3.05, 3.63) is 0 Å². The van der Waals surface area contributed by atoms with E-state index >= 15 is 0 Å². The van der Waals surface area contributed by atoms with Gasteiger partial charge in [0.1, 0.15) is 0 Å². The largest absolute Gasteiger partial charge is 0.313 e. The lowest BCUT2D eigenvalue weighted by Crippen LogP contribution is -2.46. The fraction of sp³-hybridized carbons (Fsp3) is 1.00. The van der Waals surface area contributed by atoms with Crippen LogP contribution in [-0.2, 0) is 0 Å². The molecule has 15 heavy (non-hydrogen) atoms. The Balaban J connectivity index is 2.29. The predicted octanol–water partition coefficient (Wildman–Crippen LogP) is 2.64.